The lowest BCUT2D eigenvalue weighted by molar-refractivity contribution is 0.329. The monoisotopic (exact) mass is 200 g/mol. The van der Waals surface area contributed by atoms with Crippen LogP contribution >= 0.6 is 11.3 Å². The molecule has 4 heteroatoms. The highest BCUT2D eigenvalue weighted by molar-refractivity contribution is 7.09. The van der Waals surface area contributed by atoms with Gasteiger partial charge in [0.25, 0.3) is 0 Å². The van der Waals surface area contributed by atoms with Crippen LogP contribution in [-0.4, -0.2) is 11.2 Å². The molecule has 1 saturated carbocycles. The predicted octanol–water partition coefficient (Wildman–Crippen LogP) is 2.20. The molecule has 0 saturated heterocycles. The fraction of sp³-hybridized carbons (Fsp3) is 0.667. The Bertz CT molecular complexity index is 325. The van der Waals surface area contributed by atoms with Gasteiger partial charge in [0.1, 0.15) is 6.17 Å². The van der Waals surface area contributed by atoms with Crippen LogP contribution < -0.4 is 5.73 Å². The van der Waals surface area contributed by atoms with E-state index in [0.29, 0.717) is 6.42 Å². The van der Waals surface area contributed by atoms with Gasteiger partial charge in [-0.3, -0.25) is 0 Å². The lowest BCUT2D eigenvalue weighted by Crippen LogP contribution is -2.22. The maximum Gasteiger partial charge on any atom is 0.108 e. The van der Waals surface area contributed by atoms with Crippen molar-refractivity contribution in [2.45, 2.75) is 32.5 Å². The molecule has 0 amide bonds. The van der Waals surface area contributed by atoms with Gasteiger partial charge in [-0.15, -0.1) is 11.3 Å². The molecule has 1 aromatic rings. The van der Waals surface area contributed by atoms with Crippen LogP contribution in [0, 0.1) is 12.3 Å². The number of alkyl halides is 1. The van der Waals surface area contributed by atoms with Crippen molar-refractivity contribution in [3.63, 3.8) is 0 Å². The van der Waals surface area contributed by atoms with Gasteiger partial charge in [-0.2, -0.15) is 0 Å². The van der Waals surface area contributed by atoms with Gasteiger partial charge in [0, 0.05) is 10.8 Å². The summed E-state index contributed by atoms with van der Waals surface area (Å²) in [6.45, 7) is 3.82. The molecule has 0 spiro atoms. The summed E-state index contributed by atoms with van der Waals surface area (Å²) in [6, 6.07) is -0.243. The Morgan fingerprint density at radius 1 is 1.85 bits per heavy atom. The second-order valence-electron chi connectivity index (χ2n) is 3.95. The average molecular weight is 200 g/mol. The topological polar surface area (TPSA) is 38.9 Å². The lowest BCUT2D eigenvalue weighted by Gasteiger charge is -2.15. The number of nitrogens with two attached hydrogens (primary N) is 1. The van der Waals surface area contributed by atoms with Gasteiger partial charge < -0.3 is 5.73 Å². The summed E-state index contributed by atoms with van der Waals surface area (Å²) in [4.78, 5) is 4.28. The van der Waals surface area contributed by atoms with Gasteiger partial charge in [-0.1, -0.05) is 6.92 Å². The van der Waals surface area contributed by atoms with E-state index in [4.69, 9.17) is 5.73 Å². The van der Waals surface area contributed by atoms with Gasteiger partial charge >= 0.3 is 0 Å². The van der Waals surface area contributed by atoms with Crippen LogP contribution in [0.5, 0.6) is 0 Å². The van der Waals surface area contributed by atoms with Crippen LogP contribution in [0.2, 0.25) is 0 Å². The van der Waals surface area contributed by atoms with E-state index < -0.39 is 6.17 Å². The summed E-state index contributed by atoms with van der Waals surface area (Å²) >= 11 is 1.56. The van der Waals surface area contributed by atoms with Crippen LogP contribution in [0.15, 0.2) is 5.38 Å². The normalized spacial score (nSPS) is 34.6. The number of hydrogen-bond donors (Lipinski definition) is 1. The molecule has 72 valence electrons. The first-order valence-electron chi connectivity index (χ1n) is 4.36. The average Bonchev–Trinajstić information content (AvgIpc) is 2.51. The Labute approximate surface area is 81.0 Å². The van der Waals surface area contributed by atoms with Crippen molar-refractivity contribution in [1.82, 2.24) is 4.98 Å². The highest BCUT2D eigenvalue weighted by atomic mass is 32.1. The standard InChI is InChI=1S/C9H13FN2S/c1-5-12-6(4-13-5)8(11)9(2)3-7(9)10/h4,7-8H,3,11H2,1-2H3. The molecule has 1 heterocycles. The molecule has 1 aliphatic carbocycles. The van der Waals surface area contributed by atoms with Crippen molar-refractivity contribution in [3.05, 3.63) is 16.1 Å². The molecule has 2 N–H and O–H groups in total. The van der Waals surface area contributed by atoms with E-state index in [1.165, 1.54) is 0 Å². The van der Waals surface area contributed by atoms with Crippen molar-refractivity contribution in [1.29, 1.82) is 0 Å². The zero-order valence-electron chi connectivity index (χ0n) is 7.75. The summed E-state index contributed by atoms with van der Waals surface area (Å²) in [6.07, 6.45) is -0.172. The number of nitrogens with zero attached hydrogens (tertiary/aromatic N) is 1. The molecule has 2 nitrogen and oxygen atoms in total. The quantitative estimate of drug-likeness (QED) is 0.794. The first kappa shape index (κ1) is 9.09. The van der Waals surface area contributed by atoms with Crippen LogP contribution in [0.4, 0.5) is 4.39 Å². The molecular formula is C9H13FN2S. The largest absolute Gasteiger partial charge is 0.322 e. The van der Waals surface area contributed by atoms with E-state index >= 15 is 0 Å². The minimum Gasteiger partial charge on any atom is -0.322 e. The van der Waals surface area contributed by atoms with E-state index in [0.717, 1.165) is 10.7 Å². The Hall–Kier alpha value is -0.480. The number of halogens is 1. The molecule has 13 heavy (non-hydrogen) atoms. The Morgan fingerprint density at radius 3 is 2.85 bits per heavy atom. The molecule has 0 radical (unpaired) electrons. The van der Waals surface area contributed by atoms with Gasteiger partial charge in [0.15, 0.2) is 0 Å². The first-order valence-corrected chi connectivity index (χ1v) is 5.23. The predicted molar refractivity (Wildman–Crippen MR) is 51.4 cm³/mol. The van der Waals surface area contributed by atoms with Crippen molar-refractivity contribution in [2.24, 2.45) is 11.1 Å². The smallest absolute Gasteiger partial charge is 0.108 e. The number of hydrogen-bond acceptors (Lipinski definition) is 3. The third-order valence-electron chi connectivity index (χ3n) is 2.84. The molecule has 0 aromatic carbocycles. The molecule has 1 aliphatic rings. The van der Waals surface area contributed by atoms with Crippen molar-refractivity contribution in [2.75, 3.05) is 0 Å². The Kier molecular flexibility index (Phi) is 1.92. The first-order chi connectivity index (χ1) is 6.04. The minimum absolute atomic E-state index is 0.243. The van der Waals surface area contributed by atoms with Gasteiger partial charge in [0.2, 0.25) is 0 Å². The molecule has 3 atom stereocenters. The van der Waals surface area contributed by atoms with Crippen molar-refractivity contribution in [3.8, 4) is 0 Å². The molecule has 0 aliphatic heterocycles. The highest BCUT2D eigenvalue weighted by Gasteiger charge is 2.56. The zero-order chi connectivity index (χ0) is 9.64. The van der Waals surface area contributed by atoms with Crippen molar-refractivity contribution < 1.29 is 4.39 Å². The highest BCUT2D eigenvalue weighted by Crippen LogP contribution is 2.55. The van der Waals surface area contributed by atoms with Gasteiger partial charge in [-0.05, 0) is 13.3 Å². The van der Waals surface area contributed by atoms with Crippen LogP contribution in [0.25, 0.3) is 0 Å². The van der Waals surface area contributed by atoms with E-state index in [-0.39, 0.29) is 11.5 Å². The molecule has 1 aromatic heterocycles. The SMILES string of the molecule is Cc1nc(C(N)C2(C)CC2F)cs1. The number of aromatic nitrogens is 1. The third kappa shape index (κ3) is 1.38. The van der Waals surface area contributed by atoms with Crippen LogP contribution in [-0.2, 0) is 0 Å². The number of thiazole rings is 1. The van der Waals surface area contributed by atoms with E-state index in [1.54, 1.807) is 11.3 Å². The second kappa shape index (κ2) is 2.75. The van der Waals surface area contributed by atoms with E-state index in [1.807, 2.05) is 19.2 Å². The second-order valence-corrected chi connectivity index (χ2v) is 5.01. The molecule has 0 bridgehead atoms. The van der Waals surface area contributed by atoms with E-state index in [9.17, 15) is 4.39 Å². The summed E-state index contributed by atoms with van der Waals surface area (Å²) < 4.78 is 13.0. The zero-order valence-corrected chi connectivity index (χ0v) is 8.57. The summed E-state index contributed by atoms with van der Waals surface area (Å²) in [5.74, 6) is 0. The molecule has 3 unspecified atom stereocenters. The van der Waals surface area contributed by atoms with Gasteiger partial charge in [-0.25, -0.2) is 9.37 Å². The minimum atomic E-state index is -0.746. The number of rotatable bonds is 2. The Morgan fingerprint density at radius 2 is 2.46 bits per heavy atom. The fourth-order valence-corrected chi connectivity index (χ4v) is 2.16. The van der Waals surface area contributed by atoms with Crippen LogP contribution in [0.1, 0.15) is 30.1 Å². The summed E-state index contributed by atoms with van der Waals surface area (Å²) in [5, 5.41) is 2.92. The van der Waals surface area contributed by atoms with Crippen LogP contribution in [0.3, 0.4) is 0 Å². The molecule has 1 fully saturated rings. The number of aryl methyl sites for hydroxylation is 1. The summed E-state index contributed by atoms with van der Waals surface area (Å²) in [7, 11) is 0. The van der Waals surface area contributed by atoms with Crippen molar-refractivity contribution >= 4 is 11.3 Å². The molecule has 2 rings (SSSR count). The van der Waals surface area contributed by atoms with E-state index in [2.05, 4.69) is 4.98 Å². The van der Waals surface area contributed by atoms with Gasteiger partial charge in [0.05, 0.1) is 16.7 Å². The fourth-order valence-electron chi connectivity index (χ4n) is 1.51. The maximum atomic E-state index is 13.0. The maximum absolute atomic E-state index is 13.0. The lowest BCUT2D eigenvalue weighted by atomic mass is 9.97. The molecular weight excluding hydrogens is 187 g/mol. The third-order valence-corrected chi connectivity index (χ3v) is 3.63. The Balaban J connectivity index is 2.18. The summed E-state index contributed by atoms with van der Waals surface area (Å²) in [5.41, 5.74) is 6.42.